The molecular formula is C31H34ClF3N8O4. The van der Waals surface area contributed by atoms with Crippen molar-refractivity contribution >= 4 is 35.0 Å². The van der Waals surface area contributed by atoms with Gasteiger partial charge in [-0.2, -0.15) is 18.3 Å². The van der Waals surface area contributed by atoms with Crippen molar-refractivity contribution in [2.45, 2.75) is 25.6 Å². The molecule has 2 fully saturated rings. The lowest BCUT2D eigenvalue weighted by molar-refractivity contribution is -0.141. The molecule has 4 heterocycles. The second kappa shape index (κ2) is 14.6. The highest BCUT2D eigenvalue weighted by Gasteiger charge is 2.38. The first kappa shape index (κ1) is 34.0. The number of piperazine rings is 1. The molecule has 0 spiro atoms. The Hall–Kier alpha value is -4.39. The summed E-state index contributed by atoms with van der Waals surface area (Å²) < 4.78 is 48.6. The molecule has 12 nitrogen and oxygen atoms in total. The number of nitrogens with one attached hydrogen (secondary N) is 2. The fraction of sp³-hybridized carbons (Fsp3) is 0.452. The minimum Gasteiger partial charge on any atom is -0.372 e. The molecule has 0 radical (unpaired) electrons. The number of benzene rings is 1. The summed E-state index contributed by atoms with van der Waals surface area (Å²) in [4.78, 5) is 46.8. The average Bonchev–Trinajstić information content (AvgIpc) is 3.66. The number of imidazole rings is 1. The van der Waals surface area contributed by atoms with E-state index in [4.69, 9.17) is 16.3 Å². The molecule has 3 amide bonds. The van der Waals surface area contributed by atoms with E-state index >= 15 is 0 Å². The van der Waals surface area contributed by atoms with E-state index in [-0.39, 0.29) is 64.2 Å². The molecule has 2 aliphatic heterocycles. The molecule has 0 aliphatic carbocycles. The van der Waals surface area contributed by atoms with Crippen LogP contribution in [0.4, 0.5) is 18.9 Å². The number of alkyl halides is 3. The van der Waals surface area contributed by atoms with Crippen LogP contribution in [0.3, 0.4) is 0 Å². The first-order chi connectivity index (χ1) is 22.5. The Labute approximate surface area is 274 Å². The van der Waals surface area contributed by atoms with Gasteiger partial charge < -0.3 is 29.7 Å². The average molecular weight is 675 g/mol. The number of carbonyl (C=O) groups is 3. The fourth-order valence-corrected chi connectivity index (χ4v) is 5.87. The number of methoxy groups -OCH3 is 1. The molecule has 0 bridgehead atoms. The monoisotopic (exact) mass is 674 g/mol. The van der Waals surface area contributed by atoms with Gasteiger partial charge in [0.15, 0.2) is 11.5 Å². The van der Waals surface area contributed by atoms with Gasteiger partial charge in [0.25, 0.3) is 11.8 Å². The van der Waals surface area contributed by atoms with E-state index in [2.05, 4.69) is 32.6 Å². The molecule has 5 rings (SSSR count). The summed E-state index contributed by atoms with van der Waals surface area (Å²) in [5.41, 5.74) is -0.872. The number of ether oxygens (including phenoxy) is 1. The standard InChI is InChI=1S/C31H34ClF3N8O4/c1-40-25(23-19-43(11-3-4-16-47-2)39-26(23)31(33,34)35)18-37-27(40)28(44)38-21-5-6-22(24(32)17-21)30(46)42-14-12-41(13-15-42)29(45)20-7-9-36-10-8-20/h5-6,17-20,36H,7-16H2,1-2H3,(H,38,44). The molecule has 250 valence electrons. The SMILES string of the molecule is COCC#CCn1cc(-c2cnc(C(=O)Nc3ccc(C(=O)N4CCN(C(=O)C5CCNCC5)CC4)c(Cl)c3)n2C)c(C(F)(F)F)n1. The summed E-state index contributed by atoms with van der Waals surface area (Å²) in [6, 6.07) is 4.42. The zero-order chi connectivity index (χ0) is 33.7. The van der Waals surface area contributed by atoms with Crippen LogP contribution in [-0.4, -0.2) is 99.8 Å². The minimum atomic E-state index is -4.76. The second-order valence-electron chi connectivity index (χ2n) is 11.2. The van der Waals surface area contributed by atoms with Gasteiger partial charge in [0.2, 0.25) is 5.91 Å². The van der Waals surface area contributed by atoms with Crippen molar-refractivity contribution in [3.8, 4) is 23.1 Å². The molecule has 0 unspecified atom stereocenters. The number of rotatable bonds is 7. The summed E-state index contributed by atoms with van der Waals surface area (Å²) in [6.07, 6.45) is -0.773. The quantitative estimate of drug-likeness (QED) is 0.369. The zero-order valence-electron chi connectivity index (χ0n) is 25.9. The Morgan fingerprint density at radius 1 is 1.11 bits per heavy atom. The first-order valence-corrected chi connectivity index (χ1v) is 15.4. The van der Waals surface area contributed by atoms with Gasteiger partial charge in [0.05, 0.1) is 28.0 Å². The van der Waals surface area contributed by atoms with Crippen LogP contribution in [0.25, 0.3) is 11.3 Å². The topological polar surface area (TPSA) is 127 Å². The Kier molecular flexibility index (Phi) is 10.5. The zero-order valence-corrected chi connectivity index (χ0v) is 26.6. The van der Waals surface area contributed by atoms with Crippen LogP contribution < -0.4 is 10.6 Å². The summed E-state index contributed by atoms with van der Waals surface area (Å²) in [6.45, 7) is 3.33. The molecule has 2 saturated heterocycles. The number of anilines is 1. The Balaban J connectivity index is 1.24. The van der Waals surface area contributed by atoms with Gasteiger partial charge in [0, 0.05) is 58.1 Å². The van der Waals surface area contributed by atoms with E-state index in [1.54, 1.807) is 4.90 Å². The predicted octanol–water partition coefficient (Wildman–Crippen LogP) is 3.14. The number of carbonyl (C=O) groups excluding carboxylic acids is 3. The van der Waals surface area contributed by atoms with Crippen LogP contribution in [-0.2, 0) is 29.3 Å². The van der Waals surface area contributed by atoms with Crippen molar-refractivity contribution in [2.24, 2.45) is 13.0 Å². The number of hydrogen-bond acceptors (Lipinski definition) is 7. The third-order valence-corrected chi connectivity index (χ3v) is 8.42. The van der Waals surface area contributed by atoms with Crippen LogP contribution in [0, 0.1) is 17.8 Å². The summed E-state index contributed by atoms with van der Waals surface area (Å²) in [5, 5.41) is 9.66. The number of aromatic nitrogens is 4. The van der Waals surface area contributed by atoms with Crippen LogP contribution in [0.1, 0.15) is 39.5 Å². The highest BCUT2D eigenvalue weighted by Crippen LogP contribution is 2.36. The molecule has 47 heavy (non-hydrogen) atoms. The Morgan fingerprint density at radius 2 is 1.81 bits per heavy atom. The third kappa shape index (κ3) is 7.78. The predicted molar refractivity (Wildman–Crippen MR) is 167 cm³/mol. The summed E-state index contributed by atoms with van der Waals surface area (Å²) >= 11 is 6.46. The van der Waals surface area contributed by atoms with Crippen molar-refractivity contribution in [1.82, 2.24) is 34.4 Å². The Bertz CT molecular complexity index is 1700. The largest absolute Gasteiger partial charge is 0.435 e. The number of amides is 3. The van der Waals surface area contributed by atoms with E-state index in [1.807, 2.05) is 4.90 Å². The molecule has 2 aliphatic rings. The van der Waals surface area contributed by atoms with E-state index in [0.29, 0.717) is 26.2 Å². The van der Waals surface area contributed by atoms with Gasteiger partial charge in [-0.1, -0.05) is 23.4 Å². The van der Waals surface area contributed by atoms with E-state index in [0.717, 1.165) is 36.8 Å². The molecule has 3 aromatic rings. The van der Waals surface area contributed by atoms with Crippen molar-refractivity contribution in [2.75, 3.05) is 58.3 Å². The summed E-state index contributed by atoms with van der Waals surface area (Å²) in [7, 11) is 2.87. The lowest BCUT2D eigenvalue weighted by atomic mass is 9.96. The van der Waals surface area contributed by atoms with Crippen molar-refractivity contribution in [3.63, 3.8) is 0 Å². The van der Waals surface area contributed by atoms with E-state index in [1.165, 1.54) is 43.1 Å². The fourth-order valence-electron chi connectivity index (χ4n) is 5.61. The lowest BCUT2D eigenvalue weighted by Crippen LogP contribution is -2.52. The highest BCUT2D eigenvalue weighted by molar-refractivity contribution is 6.34. The highest BCUT2D eigenvalue weighted by atomic mass is 35.5. The smallest absolute Gasteiger partial charge is 0.372 e. The number of hydrogen-bond donors (Lipinski definition) is 2. The van der Waals surface area contributed by atoms with Crippen molar-refractivity contribution in [1.29, 1.82) is 0 Å². The molecule has 0 saturated carbocycles. The molecule has 1 aromatic carbocycles. The lowest BCUT2D eigenvalue weighted by Gasteiger charge is -2.37. The van der Waals surface area contributed by atoms with Gasteiger partial charge in [-0.3, -0.25) is 19.1 Å². The van der Waals surface area contributed by atoms with Crippen LogP contribution in [0.5, 0.6) is 0 Å². The van der Waals surface area contributed by atoms with Crippen molar-refractivity contribution < 1.29 is 32.3 Å². The van der Waals surface area contributed by atoms with Gasteiger partial charge in [-0.05, 0) is 44.1 Å². The Morgan fingerprint density at radius 3 is 2.47 bits per heavy atom. The van der Waals surface area contributed by atoms with Crippen LogP contribution in [0.15, 0.2) is 30.6 Å². The maximum Gasteiger partial charge on any atom is 0.435 e. The molecule has 16 heteroatoms. The second-order valence-corrected chi connectivity index (χ2v) is 11.6. The van der Waals surface area contributed by atoms with Gasteiger partial charge >= 0.3 is 6.18 Å². The van der Waals surface area contributed by atoms with E-state index < -0.39 is 17.8 Å². The van der Waals surface area contributed by atoms with Gasteiger partial charge in [0.1, 0.15) is 13.2 Å². The van der Waals surface area contributed by atoms with Crippen molar-refractivity contribution in [3.05, 3.63) is 52.7 Å². The van der Waals surface area contributed by atoms with Gasteiger partial charge in [-0.15, -0.1) is 0 Å². The van der Waals surface area contributed by atoms with E-state index in [9.17, 15) is 27.6 Å². The first-order valence-electron chi connectivity index (χ1n) is 15.0. The molecule has 2 aromatic heterocycles. The van der Waals surface area contributed by atoms with Gasteiger partial charge in [-0.25, -0.2) is 4.98 Å². The molecule has 2 N–H and O–H groups in total. The van der Waals surface area contributed by atoms with Crippen LogP contribution >= 0.6 is 11.6 Å². The number of halogens is 4. The normalized spacial score (nSPS) is 15.7. The minimum absolute atomic E-state index is 0.0149. The number of piperidine rings is 1. The maximum absolute atomic E-state index is 13.8. The number of nitrogens with zero attached hydrogens (tertiary/aromatic N) is 6. The van der Waals surface area contributed by atoms with Crippen LogP contribution in [0.2, 0.25) is 5.02 Å². The third-order valence-electron chi connectivity index (χ3n) is 8.10. The summed E-state index contributed by atoms with van der Waals surface area (Å²) in [5.74, 6) is 4.35. The maximum atomic E-state index is 13.8. The molecule has 0 atom stereocenters. The molecular weight excluding hydrogens is 641 g/mol.